The Morgan fingerprint density at radius 1 is 1.00 bits per heavy atom. The summed E-state index contributed by atoms with van der Waals surface area (Å²) in [7, 11) is 0. The lowest BCUT2D eigenvalue weighted by Gasteiger charge is -2.16. The highest BCUT2D eigenvalue weighted by atomic mass is 16.5. The van der Waals surface area contributed by atoms with Crippen LogP contribution in [0.1, 0.15) is 30.4 Å². The summed E-state index contributed by atoms with van der Waals surface area (Å²) in [5.41, 5.74) is 4.51. The fraction of sp³-hybridized carbons (Fsp3) is 0.300. The van der Waals surface area contributed by atoms with Gasteiger partial charge in [0.1, 0.15) is 0 Å². The lowest BCUT2D eigenvalue weighted by molar-refractivity contribution is 0.297. The van der Waals surface area contributed by atoms with E-state index in [-0.39, 0.29) is 0 Å². The normalized spacial score (nSPS) is 18.8. The van der Waals surface area contributed by atoms with Crippen molar-refractivity contribution in [2.24, 2.45) is 4.99 Å². The second-order valence-corrected chi connectivity index (χ2v) is 6.00. The maximum atomic E-state index is 5.80. The van der Waals surface area contributed by atoms with Crippen molar-refractivity contribution in [2.45, 2.75) is 19.3 Å². The fourth-order valence-corrected chi connectivity index (χ4v) is 3.07. The highest BCUT2D eigenvalue weighted by Gasteiger charge is 2.15. The predicted molar refractivity (Wildman–Crippen MR) is 94.9 cm³/mol. The number of nitrogens with zero attached hydrogens (tertiary/aromatic N) is 2. The molecular formula is C20H20N2O2. The van der Waals surface area contributed by atoms with Gasteiger partial charge in [0.25, 0.3) is 0 Å². The van der Waals surface area contributed by atoms with Crippen LogP contribution in [0.2, 0.25) is 0 Å². The van der Waals surface area contributed by atoms with E-state index in [1.807, 2.05) is 18.3 Å². The highest BCUT2D eigenvalue weighted by Crippen LogP contribution is 2.32. The first-order valence-corrected chi connectivity index (χ1v) is 8.45. The average molecular weight is 320 g/mol. The third-order valence-electron chi connectivity index (χ3n) is 4.23. The van der Waals surface area contributed by atoms with Gasteiger partial charge in [0.2, 0.25) is 0 Å². The smallest absolute Gasteiger partial charge is 0.161 e. The van der Waals surface area contributed by atoms with E-state index in [0.29, 0.717) is 13.2 Å². The number of hydrogen-bond donors (Lipinski definition) is 0. The summed E-state index contributed by atoms with van der Waals surface area (Å²) >= 11 is 0. The Morgan fingerprint density at radius 3 is 2.79 bits per heavy atom. The molecule has 0 bridgehead atoms. The summed E-state index contributed by atoms with van der Waals surface area (Å²) in [6.45, 7) is 2.30. The van der Waals surface area contributed by atoms with E-state index in [1.165, 1.54) is 5.57 Å². The van der Waals surface area contributed by atoms with Crippen LogP contribution in [-0.4, -0.2) is 30.5 Å². The Hall–Kier alpha value is -2.62. The molecule has 1 aromatic carbocycles. The van der Waals surface area contributed by atoms with Crippen LogP contribution in [0.3, 0.4) is 0 Å². The minimum atomic E-state index is 0.704. The van der Waals surface area contributed by atoms with Crippen LogP contribution in [-0.2, 0) is 0 Å². The molecule has 0 saturated carbocycles. The van der Waals surface area contributed by atoms with Crippen LogP contribution in [0.25, 0.3) is 6.08 Å². The standard InChI is InChI=1S/C20H20N2O2/c1-5-17(14-21-8-1)20-16(4-2-9-22-20)12-15-6-7-18-19(13-15)24-11-3-10-23-18/h1,5-8,12-14H,2-4,9-11H2. The molecule has 4 nitrogen and oxygen atoms in total. The van der Waals surface area contributed by atoms with Crippen LogP contribution in [0.15, 0.2) is 53.3 Å². The number of rotatable bonds is 2. The molecule has 0 fully saturated rings. The molecule has 122 valence electrons. The van der Waals surface area contributed by atoms with E-state index in [1.54, 1.807) is 6.20 Å². The van der Waals surface area contributed by atoms with Gasteiger partial charge in [0.05, 0.1) is 18.9 Å². The van der Waals surface area contributed by atoms with E-state index in [2.05, 4.69) is 29.3 Å². The van der Waals surface area contributed by atoms with Crippen molar-refractivity contribution in [1.82, 2.24) is 4.98 Å². The van der Waals surface area contributed by atoms with E-state index in [4.69, 9.17) is 14.5 Å². The van der Waals surface area contributed by atoms with Gasteiger partial charge in [-0.3, -0.25) is 9.98 Å². The molecule has 0 aliphatic carbocycles. The van der Waals surface area contributed by atoms with Crippen molar-refractivity contribution in [2.75, 3.05) is 19.8 Å². The number of aliphatic imine (C=N–C) groups is 1. The molecule has 4 rings (SSSR count). The molecule has 2 aliphatic heterocycles. The molecule has 0 spiro atoms. The molecule has 2 aliphatic rings. The molecule has 24 heavy (non-hydrogen) atoms. The summed E-state index contributed by atoms with van der Waals surface area (Å²) in [5, 5.41) is 0. The maximum absolute atomic E-state index is 5.80. The molecule has 0 N–H and O–H groups in total. The second-order valence-electron chi connectivity index (χ2n) is 6.00. The van der Waals surface area contributed by atoms with Gasteiger partial charge in [-0.05, 0) is 54.3 Å². The molecule has 0 atom stereocenters. The number of pyridine rings is 1. The molecular weight excluding hydrogens is 300 g/mol. The topological polar surface area (TPSA) is 43.7 Å². The lowest BCUT2D eigenvalue weighted by Crippen LogP contribution is -2.11. The first-order chi connectivity index (χ1) is 11.9. The van der Waals surface area contributed by atoms with Crippen molar-refractivity contribution < 1.29 is 9.47 Å². The van der Waals surface area contributed by atoms with Crippen molar-refractivity contribution >= 4 is 11.8 Å². The zero-order valence-electron chi connectivity index (χ0n) is 13.6. The van der Waals surface area contributed by atoms with Crippen molar-refractivity contribution in [1.29, 1.82) is 0 Å². The fourth-order valence-electron chi connectivity index (χ4n) is 3.07. The molecule has 4 heteroatoms. The quantitative estimate of drug-likeness (QED) is 0.842. The first-order valence-electron chi connectivity index (χ1n) is 8.45. The lowest BCUT2D eigenvalue weighted by atomic mass is 9.95. The Kier molecular flexibility index (Phi) is 4.28. The summed E-state index contributed by atoms with van der Waals surface area (Å²) < 4.78 is 11.5. The minimum absolute atomic E-state index is 0.704. The van der Waals surface area contributed by atoms with Crippen LogP contribution < -0.4 is 9.47 Å². The molecule has 0 unspecified atom stereocenters. The molecule has 3 heterocycles. The van der Waals surface area contributed by atoms with Crippen LogP contribution in [0.4, 0.5) is 0 Å². The molecule has 1 aromatic heterocycles. The van der Waals surface area contributed by atoms with Crippen molar-refractivity contribution in [3.8, 4) is 11.5 Å². The number of fused-ring (bicyclic) bond motifs is 1. The summed E-state index contributed by atoms with van der Waals surface area (Å²) in [6.07, 6.45) is 8.91. The van der Waals surface area contributed by atoms with E-state index < -0.39 is 0 Å². The van der Waals surface area contributed by atoms with Gasteiger partial charge in [-0.2, -0.15) is 0 Å². The molecule has 0 saturated heterocycles. The second kappa shape index (κ2) is 6.87. The zero-order chi connectivity index (χ0) is 16.2. The van der Waals surface area contributed by atoms with Crippen LogP contribution in [0.5, 0.6) is 11.5 Å². The summed E-state index contributed by atoms with van der Waals surface area (Å²) in [6, 6.07) is 10.2. The third-order valence-corrected chi connectivity index (χ3v) is 4.23. The summed E-state index contributed by atoms with van der Waals surface area (Å²) in [5.74, 6) is 1.66. The monoisotopic (exact) mass is 320 g/mol. The zero-order valence-corrected chi connectivity index (χ0v) is 13.6. The Balaban J connectivity index is 1.68. The number of benzene rings is 1. The highest BCUT2D eigenvalue weighted by molar-refractivity contribution is 6.15. The van der Waals surface area contributed by atoms with E-state index >= 15 is 0 Å². The molecule has 0 radical (unpaired) electrons. The van der Waals surface area contributed by atoms with Gasteiger partial charge >= 0.3 is 0 Å². The number of allylic oxidation sites excluding steroid dienone is 1. The maximum Gasteiger partial charge on any atom is 0.161 e. The Morgan fingerprint density at radius 2 is 1.92 bits per heavy atom. The van der Waals surface area contributed by atoms with Gasteiger partial charge in [0, 0.05) is 30.9 Å². The Labute approximate surface area is 141 Å². The van der Waals surface area contributed by atoms with Crippen LogP contribution in [0, 0.1) is 0 Å². The van der Waals surface area contributed by atoms with Crippen LogP contribution >= 0.6 is 0 Å². The summed E-state index contributed by atoms with van der Waals surface area (Å²) in [4.78, 5) is 8.96. The number of hydrogen-bond acceptors (Lipinski definition) is 4. The van der Waals surface area contributed by atoms with Crippen molar-refractivity contribution in [3.63, 3.8) is 0 Å². The number of aromatic nitrogens is 1. The van der Waals surface area contributed by atoms with Crippen molar-refractivity contribution in [3.05, 3.63) is 59.4 Å². The predicted octanol–water partition coefficient (Wildman–Crippen LogP) is 3.91. The van der Waals surface area contributed by atoms with Gasteiger partial charge in [-0.25, -0.2) is 0 Å². The minimum Gasteiger partial charge on any atom is -0.490 e. The largest absolute Gasteiger partial charge is 0.490 e. The average Bonchev–Trinajstić information content (AvgIpc) is 2.88. The van der Waals surface area contributed by atoms with E-state index in [9.17, 15) is 0 Å². The molecule has 2 aromatic rings. The SMILES string of the molecule is C(=C1CCCN=C1c1cccnc1)c1ccc2c(c1)OCCCO2. The number of ether oxygens (including phenoxy) is 2. The third kappa shape index (κ3) is 3.18. The van der Waals surface area contributed by atoms with Gasteiger partial charge in [-0.1, -0.05) is 6.07 Å². The Bertz CT molecular complexity index is 781. The van der Waals surface area contributed by atoms with E-state index in [0.717, 1.165) is 54.1 Å². The van der Waals surface area contributed by atoms with Gasteiger partial charge < -0.3 is 9.47 Å². The first kappa shape index (κ1) is 14.9. The van der Waals surface area contributed by atoms with Gasteiger partial charge in [-0.15, -0.1) is 0 Å². The molecule has 0 amide bonds. The van der Waals surface area contributed by atoms with Gasteiger partial charge in [0.15, 0.2) is 11.5 Å².